The van der Waals surface area contributed by atoms with E-state index in [4.69, 9.17) is 23.2 Å². The predicted octanol–water partition coefficient (Wildman–Crippen LogP) is 5.28. The zero-order valence-electron chi connectivity index (χ0n) is 15.8. The van der Waals surface area contributed by atoms with Gasteiger partial charge in [0, 0.05) is 55.6 Å². The van der Waals surface area contributed by atoms with Crippen LogP contribution in [0.2, 0.25) is 5.02 Å². The van der Waals surface area contributed by atoms with Crippen LogP contribution in [0.1, 0.15) is 16.7 Å². The Morgan fingerprint density at radius 2 is 1.81 bits per heavy atom. The van der Waals surface area contributed by atoms with Gasteiger partial charge in [0.1, 0.15) is 0 Å². The van der Waals surface area contributed by atoms with Crippen molar-refractivity contribution in [3.05, 3.63) is 64.2 Å². The highest BCUT2D eigenvalue weighted by molar-refractivity contribution is 8.13. The molecule has 0 unspecified atom stereocenters. The van der Waals surface area contributed by atoms with Crippen LogP contribution in [-0.4, -0.2) is 48.2 Å². The van der Waals surface area contributed by atoms with Gasteiger partial charge in [-0.25, -0.2) is 0 Å². The summed E-state index contributed by atoms with van der Waals surface area (Å²) in [4.78, 5) is 10.5. The van der Waals surface area contributed by atoms with Gasteiger partial charge in [-0.1, -0.05) is 53.2 Å². The minimum atomic E-state index is 0.569. The van der Waals surface area contributed by atoms with E-state index in [2.05, 4.69) is 46.0 Å². The highest BCUT2D eigenvalue weighted by Gasteiger charge is 2.20. The van der Waals surface area contributed by atoms with Crippen molar-refractivity contribution in [2.45, 2.75) is 24.2 Å². The first-order chi connectivity index (χ1) is 13.1. The fourth-order valence-corrected chi connectivity index (χ4v) is 4.71. The number of hydrogen-bond acceptors (Lipinski definition) is 3. The molecule has 2 aromatic carbocycles. The summed E-state index contributed by atoms with van der Waals surface area (Å²) in [5.41, 5.74) is 3.82. The summed E-state index contributed by atoms with van der Waals surface area (Å²) < 4.78 is 0. The first-order valence-electron chi connectivity index (χ1n) is 9.10. The van der Waals surface area contributed by atoms with Gasteiger partial charge in [0.25, 0.3) is 0 Å². The van der Waals surface area contributed by atoms with Crippen molar-refractivity contribution in [2.24, 2.45) is 4.99 Å². The first-order valence-corrected chi connectivity index (χ1v) is 10.8. The Morgan fingerprint density at radius 1 is 1.07 bits per heavy atom. The third-order valence-corrected chi connectivity index (χ3v) is 6.25. The van der Waals surface area contributed by atoms with Gasteiger partial charge in [-0.05, 0) is 36.2 Å². The van der Waals surface area contributed by atoms with Gasteiger partial charge in [0.15, 0.2) is 5.17 Å². The number of aliphatic imine (C=N–C) groups is 1. The second-order valence-corrected chi connectivity index (χ2v) is 8.53. The van der Waals surface area contributed by atoms with Crippen LogP contribution < -0.4 is 0 Å². The summed E-state index contributed by atoms with van der Waals surface area (Å²) in [7, 11) is 1.86. The Balaban J connectivity index is 1.57. The van der Waals surface area contributed by atoms with Gasteiger partial charge in [0.05, 0.1) is 0 Å². The summed E-state index contributed by atoms with van der Waals surface area (Å²) in [6.07, 6.45) is 0. The number of hydrogen-bond donors (Lipinski definition) is 0. The molecule has 6 heteroatoms. The second kappa shape index (κ2) is 9.83. The average Bonchev–Trinajstić information content (AvgIpc) is 2.66. The van der Waals surface area contributed by atoms with Crippen molar-refractivity contribution >= 4 is 40.1 Å². The number of piperazine rings is 1. The van der Waals surface area contributed by atoms with Crippen LogP contribution in [0.3, 0.4) is 0 Å². The monoisotopic (exact) mass is 421 g/mol. The molecule has 0 amide bonds. The molecule has 1 saturated heterocycles. The minimum Gasteiger partial charge on any atom is -0.349 e. The molecule has 1 aliphatic rings. The Labute approximate surface area is 176 Å². The van der Waals surface area contributed by atoms with Gasteiger partial charge in [0.2, 0.25) is 0 Å². The standard InChI is InChI=1S/C21H25Cl2N3S/c1-16-10-17(14-22)12-18(11-16)15-25-6-8-26(9-7-25)21(24-2)27-20-5-3-4-19(23)13-20/h3-5,10-13H,6-9,14-15H2,1-2H3. The van der Waals surface area contributed by atoms with Crippen LogP contribution in [0, 0.1) is 6.92 Å². The molecule has 1 aliphatic heterocycles. The maximum absolute atomic E-state index is 6.10. The summed E-state index contributed by atoms with van der Waals surface area (Å²) >= 11 is 13.8. The predicted molar refractivity (Wildman–Crippen MR) is 118 cm³/mol. The molecule has 0 bridgehead atoms. The molecule has 3 nitrogen and oxygen atoms in total. The van der Waals surface area contributed by atoms with E-state index in [1.54, 1.807) is 11.8 Å². The zero-order valence-corrected chi connectivity index (χ0v) is 18.1. The molecular formula is C21H25Cl2N3S. The molecule has 0 spiro atoms. The zero-order chi connectivity index (χ0) is 19.2. The Morgan fingerprint density at radius 3 is 2.48 bits per heavy atom. The van der Waals surface area contributed by atoms with E-state index in [9.17, 15) is 0 Å². The summed E-state index contributed by atoms with van der Waals surface area (Å²) in [6, 6.07) is 14.6. The van der Waals surface area contributed by atoms with Gasteiger partial charge in [-0.2, -0.15) is 0 Å². The molecule has 0 N–H and O–H groups in total. The van der Waals surface area contributed by atoms with Crippen LogP contribution in [-0.2, 0) is 12.4 Å². The molecule has 1 fully saturated rings. The van der Waals surface area contributed by atoms with Crippen LogP contribution in [0.25, 0.3) is 0 Å². The largest absolute Gasteiger partial charge is 0.349 e. The molecule has 3 rings (SSSR count). The first kappa shape index (κ1) is 20.5. The molecule has 144 valence electrons. The lowest BCUT2D eigenvalue weighted by molar-refractivity contribution is 0.177. The SMILES string of the molecule is CN=C(Sc1cccc(Cl)c1)N1CCN(Cc2cc(C)cc(CCl)c2)CC1. The summed E-state index contributed by atoms with van der Waals surface area (Å²) in [5.74, 6) is 0.569. The summed E-state index contributed by atoms with van der Waals surface area (Å²) in [6.45, 7) is 7.12. The number of aryl methyl sites for hydroxylation is 1. The quantitative estimate of drug-likeness (QED) is 0.289. The van der Waals surface area contributed by atoms with Gasteiger partial charge < -0.3 is 4.90 Å². The molecule has 27 heavy (non-hydrogen) atoms. The smallest absolute Gasteiger partial charge is 0.163 e. The Kier molecular flexibility index (Phi) is 7.48. The summed E-state index contributed by atoms with van der Waals surface area (Å²) in [5, 5.41) is 1.81. The Bertz CT molecular complexity index is 802. The topological polar surface area (TPSA) is 18.8 Å². The highest BCUT2D eigenvalue weighted by Crippen LogP contribution is 2.25. The number of nitrogens with zero attached hydrogens (tertiary/aromatic N) is 3. The van der Waals surface area contributed by atoms with Gasteiger partial charge in [-0.15, -0.1) is 11.6 Å². The maximum Gasteiger partial charge on any atom is 0.163 e. The fraction of sp³-hybridized carbons (Fsp3) is 0.381. The van der Waals surface area contributed by atoms with Gasteiger partial charge >= 0.3 is 0 Å². The minimum absolute atomic E-state index is 0.569. The molecule has 0 atom stereocenters. The molecule has 0 saturated carbocycles. The molecule has 1 heterocycles. The third-order valence-electron chi connectivity index (χ3n) is 4.60. The van der Waals surface area contributed by atoms with Crippen molar-refractivity contribution in [3.8, 4) is 0 Å². The number of benzene rings is 2. The van der Waals surface area contributed by atoms with Crippen molar-refractivity contribution in [1.82, 2.24) is 9.80 Å². The molecule has 0 aliphatic carbocycles. The van der Waals surface area contributed by atoms with Crippen molar-refractivity contribution < 1.29 is 0 Å². The number of halogens is 2. The van der Waals surface area contributed by atoms with E-state index in [0.717, 1.165) is 47.8 Å². The lowest BCUT2D eigenvalue weighted by Gasteiger charge is -2.36. The average molecular weight is 422 g/mol. The second-order valence-electron chi connectivity index (χ2n) is 6.79. The molecular weight excluding hydrogens is 397 g/mol. The van der Waals surface area contributed by atoms with Crippen molar-refractivity contribution in [3.63, 3.8) is 0 Å². The Hall–Kier alpha value is -1.20. The van der Waals surface area contributed by atoms with Crippen LogP contribution in [0.15, 0.2) is 52.4 Å². The van der Waals surface area contributed by atoms with E-state index in [0.29, 0.717) is 5.88 Å². The normalized spacial score (nSPS) is 16.0. The molecule has 0 radical (unpaired) electrons. The fourth-order valence-electron chi connectivity index (χ4n) is 3.36. The van der Waals surface area contributed by atoms with Crippen LogP contribution >= 0.6 is 35.0 Å². The van der Waals surface area contributed by atoms with Gasteiger partial charge in [-0.3, -0.25) is 9.89 Å². The highest BCUT2D eigenvalue weighted by atomic mass is 35.5. The number of thioether (sulfide) groups is 1. The lowest BCUT2D eigenvalue weighted by atomic mass is 10.1. The molecule has 0 aromatic heterocycles. The van der Waals surface area contributed by atoms with E-state index in [-0.39, 0.29) is 0 Å². The third kappa shape index (κ3) is 5.89. The number of rotatable bonds is 4. The molecule has 2 aromatic rings. The number of alkyl halides is 1. The van der Waals surface area contributed by atoms with Crippen molar-refractivity contribution in [2.75, 3.05) is 33.2 Å². The van der Waals surface area contributed by atoms with E-state index in [1.807, 2.05) is 25.2 Å². The van der Waals surface area contributed by atoms with E-state index < -0.39 is 0 Å². The van der Waals surface area contributed by atoms with E-state index >= 15 is 0 Å². The van der Waals surface area contributed by atoms with E-state index in [1.165, 1.54) is 16.7 Å². The maximum atomic E-state index is 6.10. The lowest BCUT2D eigenvalue weighted by Crippen LogP contribution is -2.47. The van der Waals surface area contributed by atoms with Crippen molar-refractivity contribution in [1.29, 1.82) is 0 Å². The van der Waals surface area contributed by atoms with Crippen LogP contribution in [0.5, 0.6) is 0 Å². The van der Waals surface area contributed by atoms with Crippen LogP contribution in [0.4, 0.5) is 0 Å². The number of amidine groups is 1.